The van der Waals surface area contributed by atoms with Gasteiger partial charge in [-0.05, 0) is 23.8 Å². The van der Waals surface area contributed by atoms with E-state index in [0.717, 1.165) is 18.7 Å². The van der Waals surface area contributed by atoms with Crippen molar-refractivity contribution in [3.8, 4) is 11.5 Å². The van der Waals surface area contributed by atoms with Crippen LogP contribution in [-0.4, -0.2) is 47.7 Å². The van der Waals surface area contributed by atoms with Gasteiger partial charge >= 0.3 is 0 Å². The van der Waals surface area contributed by atoms with E-state index in [1.165, 1.54) is 12.1 Å². The Morgan fingerprint density at radius 3 is 2.62 bits per heavy atom. The molecule has 86 valence electrons. The number of aromatic hydroxyl groups is 2. The number of ether oxygens (including phenoxy) is 1. The van der Waals surface area contributed by atoms with Crippen LogP contribution >= 0.6 is 0 Å². The number of hydrogen-bond acceptors (Lipinski definition) is 5. The van der Waals surface area contributed by atoms with E-state index in [9.17, 15) is 5.11 Å². The van der Waals surface area contributed by atoms with Crippen molar-refractivity contribution in [2.24, 2.45) is 5.10 Å². The Hall–Kier alpha value is -1.75. The Bertz CT molecular complexity index is 387. The summed E-state index contributed by atoms with van der Waals surface area (Å²) in [6.45, 7) is 2.94. The Balaban J connectivity index is 2.02. The third-order valence-corrected chi connectivity index (χ3v) is 2.36. The zero-order valence-electron chi connectivity index (χ0n) is 8.83. The smallest absolute Gasteiger partial charge is 0.158 e. The summed E-state index contributed by atoms with van der Waals surface area (Å²) in [5, 5.41) is 24.6. The molecule has 0 unspecified atom stereocenters. The van der Waals surface area contributed by atoms with Crippen molar-refractivity contribution in [1.82, 2.24) is 5.01 Å². The lowest BCUT2D eigenvalue weighted by Gasteiger charge is -2.23. The van der Waals surface area contributed by atoms with Crippen molar-refractivity contribution >= 4 is 6.21 Å². The first kappa shape index (κ1) is 10.8. The van der Waals surface area contributed by atoms with Crippen molar-refractivity contribution in [3.63, 3.8) is 0 Å². The molecule has 16 heavy (non-hydrogen) atoms. The minimum atomic E-state index is -0.133. The van der Waals surface area contributed by atoms with Gasteiger partial charge in [0.25, 0.3) is 0 Å². The highest BCUT2D eigenvalue weighted by atomic mass is 16.5. The average molecular weight is 222 g/mol. The number of phenolic OH excluding ortho intramolecular Hbond substituents is 2. The van der Waals surface area contributed by atoms with Crippen molar-refractivity contribution in [2.45, 2.75) is 0 Å². The van der Waals surface area contributed by atoms with Gasteiger partial charge in [0.1, 0.15) is 0 Å². The molecular weight excluding hydrogens is 208 g/mol. The number of rotatable bonds is 2. The third-order valence-electron chi connectivity index (χ3n) is 2.36. The van der Waals surface area contributed by atoms with Crippen LogP contribution in [0.4, 0.5) is 0 Å². The minimum absolute atomic E-state index is 0.122. The van der Waals surface area contributed by atoms with E-state index in [-0.39, 0.29) is 11.5 Å². The number of morpholine rings is 1. The third kappa shape index (κ3) is 2.64. The van der Waals surface area contributed by atoms with E-state index in [1.54, 1.807) is 12.3 Å². The lowest BCUT2D eigenvalue weighted by molar-refractivity contribution is 0.0397. The molecule has 1 saturated heterocycles. The standard InChI is InChI=1S/C11H14N2O3/c14-10-2-1-9(7-11(10)15)8-12-13-3-5-16-6-4-13/h1-2,7-8,14-15H,3-6H2/b12-8-. The van der Waals surface area contributed by atoms with Crippen LogP contribution < -0.4 is 0 Å². The quantitative estimate of drug-likeness (QED) is 0.573. The van der Waals surface area contributed by atoms with Gasteiger partial charge in [-0.15, -0.1) is 0 Å². The summed E-state index contributed by atoms with van der Waals surface area (Å²) >= 11 is 0. The Morgan fingerprint density at radius 1 is 1.19 bits per heavy atom. The zero-order chi connectivity index (χ0) is 11.4. The van der Waals surface area contributed by atoms with Gasteiger partial charge in [-0.1, -0.05) is 0 Å². The molecule has 0 amide bonds. The first-order valence-corrected chi connectivity index (χ1v) is 5.14. The Labute approximate surface area is 93.6 Å². The maximum absolute atomic E-state index is 9.29. The average Bonchev–Trinajstić information content (AvgIpc) is 2.32. The monoisotopic (exact) mass is 222 g/mol. The van der Waals surface area contributed by atoms with E-state index in [4.69, 9.17) is 9.84 Å². The molecule has 1 aliphatic heterocycles. The lowest BCUT2D eigenvalue weighted by atomic mass is 10.2. The van der Waals surface area contributed by atoms with Gasteiger partial charge in [-0.25, -0.2) is 0 Å². The second-order valence-corrected chi connectivity index (χ2v) is 3.56. The van der Waals surface area contributed by atoms with Crippen molar-refractivity contribution in [3.05, 3.63) is 23.8 Å². The second kappa shape index (κ2) is 4.85. The summed E-state index contributed by atoms with van der Waals surface area (Å²) in [6, 6.07) is 4.61. The normalized spacial score (nSPS) is 16.9. The van der Waals surface area contributed by atoms with E-state index in [0.29, 0.717) is 13.2 Å². The molecule has 5 heteroatoms. The summed E-state index contributed by atoms with van der Waals surface area (Å²) in [6.07, 6.45) is 1.66. The van der Waals surface area contributed by atoms with Crippen LogP contribution in [0.2, 0.25) is 0 Å². The first-order chi connectivity index (χ1) is 7.75. The molecule has 1 heterocycles. The molecule has 0 radical (unpaired) electrons. The summed E-state index contributed by atoms with van der Waals surface area (Å²) in [5.74, 6) is -0.255. The largest absolute Gasteiger partial charge is 0.504 e. The molecule has 5 nitrogen and oxygen atoms in total. The van der Waals surface area contributed by atoms with Crippen LogP contribution in [0.5, 0.6) is 11.5 Å². The van der Waals surface area contributed by atoms with Crippen LogP contribution in [0.15, 0.2) is 23.3 Å². The van der Waals surface area contributed by atoms with E-state index < -0.39 is 0 Å². The number of phenols is 2. The van der Waals surface area contributed by atoms with Gasteiger partial charge < -0.3 is 14.9 Å². The molecule has 0 aliphatic carbocycles. The van der Waals surface area contributed by atoms with E-state index in [2.05, 4.69) is 5.10 Å². The molecule has 1 fully saturated rings. The summed E-state index contributed by atoms with van der Waals surface area (Å²) in [5.41, 5.74) is 0.752. The Morgan fingerprint density at radius 2 is 1.94 bits per heavy atom. The van der Waals surface area contributed by atoms with Crippen LogP contribution in [0.25, 0.3) is 0 Å². The molecule has 0 bridgehead atoms. The van der Waals surface area contributed by atoms with Crippen LogP contribution in [-0.2, 0) is 4.74 Å². The summed E-state index contributed by atoms with van der Waals surface area (Å²) < 4.78 is 5.20. The maximum Gasteiger partial charge on any atom is 0.158 e. The second-order valence-electron chi connectivity index (χ2n) is 3.56. The number of hydrazone groups is 1. The molecule has 2 N–H and O–H groups in total. The molecule has 1 aromatic rings. The van der Waals surface area contributed by atoms with Crippen LogP contribution in [0, 0.1) is 0 Å². The SMILES string of the molecule is Oc1ccc(/C=N\N2CCOCC2)cc1O. The highest BCUT2D eigenvalue weighted by Gasteiger charge is 2.06. The van der Waals surface area contributed by atoms with Crippen LogP contribution in [0.1, 0.15) is 5.56 Å². The highest BCUT2D eigenvalue weighted by molar-refractivity contribution is 5.80. The molecule has 0 aromatic heterocycles. The molecule has 0 atom stereocenters. The van der Waals surface area contributed by atoms with Gasteiger partial charge in [0.15, 0.2) is 11.5 Å². The fraction of sp³-hybridized carbons (Fsp3) is 0.364. The molecule has 0 spiro atoms. The number of benzene rings is 1. The van der Waals surface area contributed by atoms with Crippen molar-refractivity contribution in [2.75, 3.05) is 26.3 Å². The lowest BCUT2D eigenvalue weighted by Crippen LogP contribution is -2.32. The maximum atomic E-state index is 9.29. The van der Waals surface area contributed by atoms with Crippen molar-refractivity contribution in [1.29, 1.82) is 0 Å². The summed E-state index contributed by atoms with van der Waals surface area (Å²) in [4.78, 5) is 0. The van der Waals surface area contributed by atoms with Gasteiger partial charge in [-0.3, -0.25) is 5.01 Å². The summed E-state index contributed by atoms with van der Waals surface area (Å²) in [7, 11) is 0. The van der Waals surface area contributed by atoms with Crippen molar-refractivity contribution < 1.29 is 14.9 Å². The molecule has 1 aliphatic rings. The highest BCUT2D eigenvalue weighted by Crippen LogP contribution is 2.24. The number of hydrogen-bond donors (Lipinski definition) is 2. The molecular formula is C11H14N2O3. The number of nitrogens with zero attached hydrogens (tertiary/aromatic N) is 2. The molecule has 0 saturated carbocycles. The van der Waals surface area contributed by atoms with Gasteiger partial charge in [0.2, 0.25) is 0 Å². The zero-order valence-corrected chi connectivity index (χ0v) is 8.83. The van der Waals surface area contributed by atoms with E-state index >= 15 is 0 Å². The first-order valence-electron chi connectivity index (χ1n) is 5.14. The van der Waals surface area contributed by atoms with Gasteiger partial charge in [0.05, 0.1) is 32.5 Å². The molecule has 1 aromatic carbocycles. The van der Waals surface area contributed by atoms with Gasteiger partial charge in [-0.2, -0.15) is 5.10 Å². The minimum Gasteiger partial charge on any atom is -0.504 e. The fourth-order valence-electron chi connectivity index (χ4n) is 1.44. The molecule has 2 rings (SSSR count). The Kier molecular flexibility index (Phi) is 3.26. The van der Waals surface area contributed by atoms with E-state index in [1.807, 2.05) is 5.01 Å². The van der Waals surface area contributed by atoms with Crippen LogP contribution in [0.3, 0.4) is 0 Å². The fourth-order valence-corrected chi connectivity index (χ4v) is 1.44. The predicted octanol–water partition coefficient (Wildman–Crippen LogP) is 0.764. The van der Waals surface area contributed by atoms with Gasteiger partial charge in [0, 0.05) is 0 Å². The topological polar surface area (TPSA) is 65.3 Å². The predicted molar refractivity (Wildman–Crippen MR) is 59.8 cm³/mol.